The Balaban J connectivity index is 2.13. The van der Waals surface area contributed by atoms with Crippen LogP contribution < -0.4 is 4.72 Å². The largest absolute Gasteiger partial charge is 0.394 e. The van der Waals surface area contributed by atoms with Gasteiger partial charge in [0, 0.05) is 0 Å². The van der Waals surface area contributed by atoms with Gasteiger partial charge in [-0.05, 0) is 5.56 Å². The quantitative estimate of drug-likeness (QED) is 0.508. The van der Waals surface area contributed by atoms with E-state index in [1.807, 2.05) is 30.3 Å². The molecule has 0 saturated carbocycles. The molecule has 0 spiro atoms. The van der Waals surface area contributed by atoms with Crippen LogP contribution in [0.4, 0.5) is 0 Å². The number of nitrogens with one attached hydrogen (secondary N) is 1. The molecule has 0 radical (unpaired) electrons. The SMILES string of the molecule is CS(=O)(=O)N[C@H]1[C@H](OCc2ccccc2)O[C@H](CO)[C@@H](O)[C@@H]1S. The first-order valence-corrected chi connectivity index (χ1v) is 9.48. The Kier molecular flexibility index (Phi) is 6.43. The van der Waals surface area contributed by atoms with Gasteiger partial charge in [0.25, 0.3) is 0 Å². The van der Waals surface area contributed by atoms with E-state index in [1.54, 1.807) is 0 Å². The molecule has 2 rings (SSSR count). The number of hydrogen-bond donors (Lipinski definition) is 4. The van der Waals surface area contributed by atoms with Gasteiger partial charge in [-0.1, -0.05) is 30.3 Å². The minimum absolute atomic E-state index is 0.197. The molecule has 1 aromatic rings. The van der Waals surface area contributed by atoms with Crippen molar-refractivity contribution in [3.05, 3.63) is 35.9 Å². The number of benzene rings is 1. The van der Waals surface area contributed by atoms with Gasteiger partial charge in [0.2, 0.25) is 10.0 Å². The van der Waals surface area contributed by atoms with E-state index in [4.69, 9.17) is 9.47 Å². The highest BCUT2D eigenvalue weighted by atomic mass is 32.2. The van der Waals surface area contributed by atoms with Crippen molar-refractivity contribution in [1.29, 1.82) is 0 Å². The number of ether oxygens (including phenoxy) is 2. The van der Waals surface area contributed by atoms with E-state index < -0.39 is 46.4 Å². The fourth-order valence-electron chi connectivity index (χ4n) is 2.35. The van der Waals surface area contributed by atoms with Gasteiger partial charge in [0.15, 0.2) is 6.29 Å². The molecule has 23 heavy (non-hydrogen) atoms. The number of hydrogen-bond acceptors (Lipinski definition) is 7. The highest BCUT2D eigenvalue weighted by molar-refractivity contribution is 7.88. The van der Waals surface area contributed by atoms with Gasteiger partial charge in [-0.25, -0.2) is 13.1 Å². The summed E-state index contributed by atoms with van der Waals surface area (Å²) in [4.78, 5) is 0. The Morgan fingerprint density at radius 2 is 2.00 bits per heavy atom. The fraction of sp³-hybridized carbons (Fsp3) is 0.571. The number of thiol groups is 1. The number of rotatable bonds is 6. The average Bonchev–Trinajstić information content (AvgIpc) is 2.51. The van der Waals surface area contributed by atoms with Crippen LogP contribution in [0.1, 0.15) is 5.56 Å². The van der Waals surface area contributed by atoms with Crippen molar-refractivity contribution < 1.29 is 28.1 Å². The Hall–Kier alpha value is -0.680. The summed E-state index contributed by atoms with van der Waals surface area (Å²) in [6, 6.07) is 8.42. The summed E-state index contributed by atoms with van der Waals surface area (Å²) in [6.07, 6.45) is -1.99. The van der Waals surface area contributed by atoms with Crippen molar-refractivity contribution in [3.63, 3.8) is 0 Å². The minimum atomic E-state index is -3.55. The van der Waals surface area contributed by atoms with Crippen LogP contribution in [0.15, 0.2) is 30.3 Å². The van der Waals surface area contributed by atoms with Crippen molar-refractivity contribution in [2.45, 2.75) is 36.4 Å². The second-order valence-corrected chi connectivity index (χ2v) is 7.80. The van der Waals surface area contributed by atoms with Crippen molar-refractivity contribution in [1.82, 2.24) is 4.72 Å². The summed E-state index contributed by atoms with van der Waals surface area (Å²) in [5, 5.41) is 18.6. The molecule has 0 aromatic heterocycles. The van der Waals surface area contributed by atoms with Crippen LogP contribution in [0, 0.1) is 0 Å². The van der Waals surface area contributed by atoms with E-state index in [1.165, 1.54) is 0 Å². The first-order chi connectivity index (χ1) is 10.8. The molecule has 1 aromatic carbocycles. The van der Waals surface area contributed by atoms with E-state index in [0.29, 0.717) is 0 Å². The Bertz CT molecular complexity index is 597. The van der Waals surface area contributed by atoms with E-state index in [-0.39, 0.29) is 6.61 Å². The molecule has 5 atom stereocenters. The van der Waals surface area contributed by atoms with Crippen LogP contribution in [0.2, 0.25) is 0 Å². The van der Waals surface area contributed by atoms with Crippen LogP contribution in [-0.2, 0) is 26.1 Å². The molecule has 9 heteroatoms. The van der Waals surface area contributed by atoms with E-state index >= 15 is 0 Å². The molecule has 0 amide bonds. The molecule has 1 aliphatic heterocycles. The van der Waals surface area contributed by atoms with Crippen molar-refractivity contribution in [3.8, 4) is 0 Å². The molecule has 0 unspecified atom stereocenters. The van der Waals surface area contributed by atoms with Gasteiger partial charge in [-0.3, -0.25) is 0 Å². The summed E-state index contributed by atoms with van der Waals surface area (Å²) < 4.78 is 36.6. The van der Waals surface area contributed by atoms with Crippen LogP contribution in [0.25, 0.3) is 0 Å². The Labute approximate surface area is 141 Å². The highest BCUT2D eigenvalue weighted by Gasteiger charge is 2.45. The predicted molar refractivity (Wildman–Crippen MR) is 87.5 cm³/mol. The second kappa shape index (κ2) is 7.93. The summed E-state index contributed by atoms with van der Waals surface area (Å²) in [7, 11) is -3.55. The predicted octanol–water partition coefficient (Wildman–Crippen LogP) is -0.502. The van der Waals surface area contributed by atoms with Crippen LogP contribution in [0.3, 0.4) is 0 Å². The smallest absolute Gasteiger partial charge is 0.209 e. The first kappa shape index (κ1) is 18.7. The normalized spacial score (nSPS) is 31.9. The van der Waals surface area contributed by atoms with Gasteiger partial charge >= 0.3 is 0 Å². The lowest BCUT2D eigenvalue weighted by Crippen LogP contribution is -2.62. The summed E-state index contributed by atoms with van der Waals surface area (Å²) in [5.41, 5.74) is 0.886. The number of aliphatic hydroxyl groups is 2. The maximum atomic E-state index is 11.5. The van der Waals surface area contributed by atoms with Gasteiger partial charge < -0.3 is 19.7 Å². The van der Waals surface area contributed by atoms with Crippen molar-refractivity contribution in [2.75, 3.05) is 12.9 Å². The summed E-state index contributed by atoms with van der Waals surface area (Å²) in [6.45, 7) is -0.225. The molecule has 1 aliphatic rings. The zero-order valence-electron chi connectivity index (χ0n) is 12.6. The van der Waals surface area contributed by atoms with Gasteiger partial charge in [0.1, 0.15) is 6.10 Å². The molecule has 1 saturated heterocycles. The Morgan fingerprint density at radius 3 is 2.57 bits per heavy atom. The average molecular weight is 363 g/mol. The molecule has 130 valence electrons. The maximum absolute atomic E-state index is 11.5. The molecule has 0 aliphatic carbocycles. The lowest BCUT2D eigenvalue weighted by Gasteiger charge is -2.42. The maximum Gasteiger partial charge on any atom is 0.209 e. The first-order valence-electron chi connectivity index (χ1n) is 7.07. The zero-order valence-corrected chi connectivity index (χ0v) is 14.3. The molecular formula is C14H21NO6S2. The topological polar surface area (TPSA) is 105 Å². The monoisotopic (exact) mass is 363 g/mol. The van der Waals surface area contributed by atoms with Crippen LogP contribution >= 0.6 is 12.6 Å². The third kappa shape index (κ3) is 5.15. The molecule has 7 nitrogen and oxygen atoms in total. The van der Waals surface area contributed by atoms with E-state index in [2.05, 4.69) is 17.4 Å². The lowest BCUT2D eigenvalue weighted by molar-refractivity contribution is -0.241. The van der Waals surface area contributed by atoms with Crippen molar-refractivity contribution >= 4 is 22.7 Å². The minimum Gasteiger partial charge on any atom is -0.394 e. The molecule has 3 N–H and O–H groups in total. The third-order valence-corrected chi connectivity index (χ3v) is 4.82. The van der Waals surface area contributed by atoms with Crippen LogP contribution in [0.5, 0.6) is 0 Å². The van der Waals surface area contributed by atoms with Crippen LogP contribution in [-0.4, -0.2) is 61.3 Å². The van der Waals surface area contributed by atoms with E-state index in [0.717, 1.165) is 11.8 Å². The Morgan fingerprint density at radius 1 is 1.35 bits per heavy atom. The van der Waals surface area contributed by atoms with E-state index in [9.17, 15) is 18.6 Å². The summed E-state index contributed by atoms with van der Waals surface area (Å²) >= 11 is 4.27. The molecule has 1 fully saturated rings. The second-order valence-electron chi connectivity index (χ2n) is 5.42. The van der Waals surface area contributed by atoms with Gasteiger partial charge in [-0.15, -0.1) is 0 Å². The van der Waals surface area contributed by atoms with Gasteiger partial charge in [0.05, 0.1) is 36.9 Å². The lowest BCUT2D eigenvalue weighted by atomic mass is 10.0. The molecule has 1 heterocycles. The van der Waals surface area contributed by atoms with Crippen molar-refractivity contribution in [2.24, 2.45) is 0 Å². The third-order valence-electron chi connectivity index (χ3n) is 3.49. The number of sulfonamides is 1. The van der Waals surface area contributed by atoms with Gasteiger partial charge in [-0.2, -0.15) is 12.6 Å². The molecular weight excluding hydrogens is 342 g/mol. The molecule has 0 bridgehead atoms. The zero-order chi connectivity index (χ0) is 17.0. The highest BCUT2D eigenvalue weighted by Crippen LogP contribution is 2.26. The standard InChI is InChI=1S/C14H21NO6S2/c1-23(18,19)15-11-13(22)12(17)10(7-16)21-14(11)20-8-9-5-3-2-4-6-9/h2-6,10-17,22H,7-8H2,1H3/t10-,11-,12-,13-,14-/m1/s1. The number of aliphatic hydroxyl groups excluding tert-OH is 2. The summed E-state index contributed by atoms with van der Waals surface area (Å²) in [5.74, 6) is 0. The fourth-order valence-corrected chi connectivity index (χ4v) is 3.61.